The molecule has 6 heteroatoms. The maximum atomic E-state index is 10.0. The quantitative estimate of drug-likeness (QED) is 0.223. The lowest BCUT2D eigenvalue weighted by atomic mass is 10.1. The standard InChI is InChI=1S/C6H12O6/c7-1-3(9)5(11)6(12)4(10)2-8/h1,3-6,8-12H,2H2/t3-,4+,5+,6+/m0/s1/i3+1D. The van der Waals surface area contributed by atoms with E-state index in [9.17, 15) is 4.79 Å². The molecule has 72 valence electrons. The van der Waals surface area contributed by atoms with Gasteiger partial charge in [-0.2, -0.15) is 0 Å². The molecule has 0 aromatic carbocycles. The van der Waals surface area contributed by atoms with E-state index in [-0.39, 0.29) is 6.29 Å². The Morgan fingerprint density at radius 1 is 1.25 bits per heavy atom. The molecule has 0 aliphatic carbocycles. The maximum Gasteiger partial charge on any atom is 0.151 e. The highest BCUT2D eigenvalue weighted by molar-refractivity contribution is 5.56. The second-order valence-corrected chi connectivity index (χ2v) is 2.23. The number of aldehydes is 1. The number of aliphatic hydroxyl groups excluding tert-OH is 4. The Bertz CT molecular complexity index is 173. The summed E-state index contributed by atoms with van der Waals surface area (Å²) >= 11 is 0. The minimum Gasteiger partial charge on any atom is -0.394 e. The first-order chi connectivity index (χ1) is 5.86. The molecule has 0 aliphatic rings. The molecule has 0 saturated carbocycles. The molecule has 12 heavy (non-hydrogen) atoms. The Morgan fingerprint density at radius 2 is 1.75 bits per heavy atom. The van der Waals surface area contributed by atoms with Gasteiger partial charge >= 0.3 is 0 Å². The van der Waals surface area contributed by atoms with Crippen LogP contribution in [0.4, 0.5) is 0 Å². The minimum absolute atomic E-state index is 0.287. The van der Waals surface area contributed by atoms with Crippen LogP contribution in [0.25, 0.3) is 0 Å². The Hall–Kier alpha value is -0.530. The molecule has 5 N–H and O–H groups in total. The van der Waals surface area contributed by atoms with Crippen LogP contribution in [0, 0.1) is 0 Å². The third-order valence-corrected chi connectivity index (χ3v) is 1.33. The van der Waals surface area contributed by atoms with Crippen molar-refractivity contribution in [1.82, 2.24) is 0 Å². The minimum atomic E-state index is -2.89. The summed E-state index contributed by atoms with van der Waals surface area (Å²) in [6.07, 6.45) is -9.03. The molecule has 0 aromatic heterocycles. The monoisotopic (exact) mass is 182 g/mol. The number of aliphatic hydroxyl groups is 5. The predicted molar refractivity (Wildman–Crippen MR) is 37.2 cm³/mol. The van der Waals surface area contributed by atoms with Crippen molar-refractivity contribution in [2.24, 2.45) is 0 Å². The molecular formula is C6H12O6. The van der Waals surface area contributed by atoms with Gasteiger partial charge in [-0.25, -0.2) is 0 Å². The van der Waals surface area contributed by atoms with Gasteiger partial charge in [0, 0.05) is 0 Å². The zero-order valence-electron chi connectivity index (χ0n) is 7.16. The van der Waals surface area contributed by atoms with Gasteiger partial charge in [0.25, 0.3) is 0 Å². The molecular weight excluding hydrogens is 169 g/mol. The van der Waals surface area contributed by atoms with Crippen molar-refractivity contribution in [3.05, 3.63) is 0 Å². The van der Waals surface area contributed by atoms with E-state index in [1.165, 1.54) is 0 Å². The van der Waals surface area contributed by atoms with Crippen molar-refractivity contribution in [1.29, 1.82) is 0 Å². The summed E-state index contributed by atoms with van der Waals surface area (Å²) in [5.74, 6) is 0. The largest absolute Gasteiger partial charge is 0.394 e. The van der Waals surface area contributed by atoms with Crippen LogP contribution in [0.15, 0.2) is 0 Å². The zero-order valence-corrected chi connectivity index (χ0v) is 6.16. The van der Waals surface area contributed by atoms with Crippen molar-refractivity contribution in [3.8, 4) is 0 Å². The van der Waals surface area contributed by atoms with E-state index in [2.05, 4.69) is 0 Å². The summed E-state index contributed by atoms with van der Waals surface area (Å²) in [6.45, 7) is -0.854. The fourth-order valence-electron chi connectivity index (χ4n) is 0.563. The number of hydrogen-bond donors (Lipinski definition) is 5. The first kappa shape index (κ1) is 9.56. The number of hydrogen-bond acceptors (Lipinski definition) is 6. The fourth-order valence-corrected chi connectivity index (χ4v) is 0.563. The first-order valence-electron chi connectivity index (χ1n) is 3.70. The summed E-state index contributed by atoms with van der Waals surface area (Å²) in [4.78, 5) is 10.0. The molecule has 0 fully saturated rings. The average molecular weight is 182 g/mol. The van der Waals surface area contributed by atoms with Crippen LogP contribution in [-0.4, -0.2) is 62.8 Å². The van der Waals surface area contributed by atoms with Crippen LogP contribution < -0.4 is 0 Å². The van der Waals surface area contributed by atoms with Crippen molar-refractivity contribution in [2.45, 2.75) is 24.4 Å². The lowest BCUT2D eigenvalue weighted by Gasteiger charge is -2.22. The molecule has 0 heterocycles. The van der Waals surface area contributed by atoms with E-state index in [0.29, 0.717) is 0 Å². The maximum absolute atomic E-state index is 10.0. The van der Waals surface area contributed by atoms with Gasteiger partial charge in [0.05, 0.1) is 7.98 Å². The number of rotatable bonds is 5. The van der Waals surface area contributed by atoms with Gasteiger partial charge in [-0.3, -0.25) is 0 Å². The number of carbonyl (C=O) groups is 1. The Kier molecular flexibility index (Phi) is 4.12. The van der Waals surface area contributed by atoms with E-state index < -0.39 is 31.0 Å². The highest BCUT2D eigenvalue weighted by Crippen LogP contribution is 2.02. The Morgan fingerprint density at radius 3 is 2.08 bits per heavy atom. The van der Waals surface area contributed by atoms with E-state index in [0.717, 1.165) is 0 Å². The zero-order chi connectivity index (χ0) is 10.6. The summed E-state index contributed by atoms with van der Waals surface area (Å²) in [5, 5.41) is 43.8. The number of carbonyl (C=O) groups excluding carboxylic acids is 1. The summed E-state index contributed by atoms with van der Waals surface area (Å²) in [5.41, 5.74) is 0. The van der Waals surface area contributed by atoms with Crippen LogP contribution in [-0.2, 0) is 4.79 Å². The van der Waals surface area contributed by atoms with E-state index in [1.807, 2.05) is 0 Å². The molecule has 6 nitrogen and oxygen atoms in total. The van der Waals surface area contributed by atoms with Gasteiger partial charge in [-0.15, -0.1) is 0 Å². The second-order valence-electron chi connectivity index (χ2n) is 2.23. The van der Waals surface area contributed by atoms with E-state index in [1.54, 1.807) is 0 Å². The van der Waals surface area contributed by atoms with Gasteiger partial charge in [0.15, 0.2) is 6.29 Å². The average Bonchev–Trinajstić information content (AvgIpc) is 2.14. The van der Waals surface area contributed by atoms with Gasteiger partial charge in [-0.05, 0) is 0 Å². The van der Waals surface area contributed by atoms with Crippen molar-refractivity contribution in [2.75, 3.05) is 6.61 Å². The molecule has 0 unspecified atom stereocenters. The Labute approximate surface area is 70.1 Å². The van der Waals surface area contributed by atoms with Crippen molar-refractivity contribution < 1.29 is 31.7 Å². The molecule has 0 aromatic rings. The van der Waals surface area contributed by atoms with Crippen molar-refractivity contribution in [3.63, 3.8) is 0 Å². The van der Waals surface area contributed by atoms with Crippen LogP contribution in [0.5, 0.6) is 0 Å². The molecule has 0 amide bonds. The first-order valence-corrected chi connectivity index (χ1v) is 3.20. The van der Waals surface area contributed by atoms with Crippen molar-refractivity contribution >= 4 is 6.29 Å². The summed E-state index contributed by atoms with van der Waals surface area (Å²) in [7, 11) is 0. The molecule has 0 rings (SSSR count). The van der Waals surface area contributed by atoms with Crippen LogP contribution >= 0.6 is 0 Å². The van der Waals surface area contributed by atoms with Gasteiger partial charge in [0.2, 0.25) is 0 Å². The smallest absolute Gasteiger partial charge is 0.151 e. The highest BCUT2D eigenvalue weighted by Gasteiger charge is 2.29. The van der Waals surface area contributed by atoms with Crippen LogP contribution in [0.1, 0.15) is 1.37 Å². The van der Waals surface area contributed by atoms with Crippen LogP contribution in [0.3, 0.4) is 0 Å². The van der Waals surface area contributed by atoms with Gasteiger partial charge in [-0.1, -0.05) is 0 Å². The predicted octanol–water partition coefficient (Wildman–Crippen LogP) is -3.38. The molecule has 0 aliphatic heterocycles. The Balaban J connectivity index is 4.40. The normalized spacial score (nSPS) is 24.9. The molecule has 0 spiro atoms. The van der Waals surface area contributed by atoms with Gasteiger partial charge < -0.3 is 30.3 Å². The molecule has 0 bridgehead atoms. The topological polar surface area (TPSA) is 118 Å². The SMILES string of the molecule is [2H][13C@](O)(C=O)[C@@H](O)[C@H](O)[C@H](O)CO. The second kappa shape index (κ2) is 5.18. The molecule has 4 atom stereocenters. The van der Waals surface area contributed by atoms with E-state index >= 15 is 0 Å². The highest BCUT2D eigenvalue weighted by atomic mass is 16.4. The summed E-state index contributed by atoms with van der Waals surface area (Å²) < 4.78 is 6.76. The lowest BCUT2D eigenvalue weighted by molar-refractivity contribution is -0.136. The fraction of sp³-hybridized carbons (Fsp3) is 0.833. The van der Waals surface area contributed by atoms with Gasteiger partial charge in [0.1, 0.15) is 24.4 Å². The third kappa shape index (κ3) is 2.84. The molecule has 0 radical (unpaired) electrons. The van der Waals surface area contributed by atoms with Crippen LogP contribution in [0.2, 0.25) is 0 Å². The lowest BCUT2D eigenvalue weighted by Crippen LogP contribution is -2.46. The summed E-state index contributed by atoms with van der Waals surface area (Å²) in [6, 6.07) is 0. The third-order valence-electron chi connectivity index (χ3n) is 1.33. The van der Waals surface area contributed by atoms with E-state index in [4.69, 9.17) is 26.9 Å². The molecule has 0 saturated heterocycles.